The number of aryl methyl sites for hydroxylation is 1. The fraction of sp³-hybridized carbons (Fsp3) is 0.463. The number of aromatic nitrogens is 5. The van der Waals surface area contributed by atoms with E-state index in [9.17, 15) is 32.3 Å². The zero-order valence-electron chi connectivity index (χ0n) is 32.5. The number of carbonyl (C=O) groups is 3. The van der Waals surface area contributed by atoms with Crippen LogP contribution in [0.3, 0.4) is 0 Å². The van der Waals surface area contributed by atoms with E-state index in [0.717, 1.165) is 79.4 Å². The number of hydrogen-bond donors (Lipinski definition) is 2. The van der Waals surface area contributed by atoms with Gasteiger partial charge in [0.2, 0.25) is 11.8 Å². The molecule has 0 bridgehead atoms. The fourth-order valence-electron chi connectivity index (χ4n) is 9.12. The van der Waals surface area contributed by atoms with Crippen molar-refractivity contribution in [2.45, 2.75) is 75.4 Å². The molecule has 2 saturated heterocycles. The third kappa shape index (κ3) is 7.59. The van der Waals surface area contributed by atoms with Crippen LogP contribution in [0.25, 0.3) is 21.9 Å². The normalized spacial score (nSPS) is 23.2. The smallest absolute Gasteiger partial charge is 0.378 e. The van der Waals surface area contributed by atoms with Crippen LogP contribution in [0.5, 0.6) is 0 Å². The van der Waals surface area contributed by atoms with Crippen molar-refractivity contribution >= 4 is 51.0 Å². The summed E-state index contributed by atoms with van der Waals surface area (Å²) < 4.78 is 50.5. The Balaban J connectivity index is 0.875. The number of rotatable bonds is 9. The highest BCUT2D eigenvalue weighted by atomic mass is 19.4. The van der Waals surface area contributed by atoms with Crippen molar-refractivity contribution < 1.29 is 32.3 Å². The molecule has 58 heavy (non-hydrogen) atoms. The number of imidazole rings is 1. The Morgan fingerprint density at radius 1 is 1.02 bits per heavy atom. The van der Waals surface area contributed by atoms with Crippen molar-refractivity contribution in [3.05, 3.63) is 82.7 Å². The number of methoxy groups -OCH3 is 1. The number of hydrogen-bond acceptors (Lipinski definition) is 9. The first-order valence-corrected chi connectivity index (χ1v) is 19.6. The van der Waals surface area contributed by atoms with Gasteiger partial charge in [0.25, 0.3) is 5.91 Å². The maximum atomic E-state index is 13.5. The number of ether oxygens (including phenoxy) is 1. The lowest BCUT2D eigenvalue weighted by molar-refractivity contribution is -0.141. The van der Waals surface area contributed by atoms with Crippen molar-refractivity contribution in [2.24, 2.45) is 13.0 Å². The summed E-state index contributed by atoms with van der Waals surface area (Å²) in [4.78, 5) is 59.0. The molecule has 5 aromatic rings. The van der Waals surface area contributed by atoms with Crippen LogP contribution in [-0.2, 0) is 27.5 Å². The number of fused-ring (bicyclic) bond motifs is 2. The summed E-state index contributed by atoms with van der Waals surface area (Å²) >= 11 is 0. The number of para-hydroxylation sites is 1. The lowest BCUT2D eigenvalue weighted by Gasteiger charge is -2.44. The van der Waals surface area contributed by atoms with Gasteiger partial charge < -0.3 is 19.9 Å². The molecular weight excluding hydrogens is 756 g/mol. The van der Waals surface area contributed by atoms with E-state index in [1.807, 2.05) is 29.1 Å². The molecule has 2 aliphatic heterocycles. The monoisotopic (exact) mass is 801 g/mol. The molecule has 3 amide bonds. The topological polar surface area (TPSA) is 149 Å². The van der Waals surface area contributed by atoms with Gasteiger partial charge in [-0.15, -0.1) is 0 Å². The van der Waals surface area contributed by atoms with Gasteiger partial charge >= 0.3 is 11.9 Å². The van der Waals surface area contributed by atoms with Crippen LogP contribution in [0.4, 0.5) is 24.5 Å². The number of likely N-dealkylation sites (N-methyl/N-ethyl adjacent to an activating group) is 1. The Morgan fingerprint density at radius 3 is 2.53 bits per heavy atom. The molecule has 3 aliphatic rings. The molecule has 3 fully saturated rings. The summed E-state index contributed by atoms with van der Waals surface area (Å²) in [5, 5.41) is 10.7. The number of imide groups is 1. The molecule has 2 N–H and O–H groups in total. The van der Waals surface area contributed by atoms with Gasteiger partial charge in [-0.2, -0.15) is 18.3 Å². The highest BCUT2D eigenvalue weighted by Crippen LogP contribution is 2.36. The Labute approximate surface area is 331 Å². The average Bonchev–Trinajstić information content (AvgIpc) is 3.75. The summed E-state index contributed by atoms with van der Waals surface area (Å²) in [6.07, 6.45) is 2.56. The van der Waals surface area contributed by atoms with Gasteiger partial charge in [0.05, 0.1) is 34.4 Å². The van der Waals surface area contributed by atoms with Gasteiger partial charge in [-0.05, 0) is 94.0 Å². The lowest BCUT2D eigenvalue weighted by atomic mass is 9.85. The van der Waals surface area contributed by atoms with Crippen LogP contribution in [0.2, 0.25) is 0 Å². The second kappa shape index (κ2) is 15.7. The number of nitrogens with zero attached hydrogens (tertiary/aromatic N) is 7. The highest BCUT2D eigenvalue weighted by molar-refractivity contribution is 6.04. The Kier molecular flexibility index (Phi) is 10.6. The summed E-state index contributed by atoms with van der Waals surface area (Å²) in [6.45, 7) is 2.33. The second-order valence-corrected chi connectivity index (χ2v) is 15.8. The van der Waals surface area contributed by atoms with Crippen LogP contribution < -0.4 is 21.2 Å². The molecule has 0 spiro atoms. The number of nitrogens with one attached hydrogen (secondary N) is 2. The molecule has 17 heteroatoms. The average molecular weight is 802 g/mol. The maximum Gasteiger partial charge on any atom is 0.433 e. The molecule has 14 nitrogen and oxygen atoms in total. The van der Waals surface area contributed by atoms with Gasteiger partial charge in [-0.1, -0.05) is 12.1 Å². The van der Waals surface area contributed by atoms with E-state index in [4.69, 9.17) is 9.84 Å². The Hall–Kier alpha value is -5.55. The van der Waals surface area contributed by atoms with Gasteiger partial charge in [-0.25, -0.2) is 9.78 Å². The van der Waals surface area contributed by atoms with E-state index in [0.29, 0.717) is 23.7 Å². The zero-order chi connectivity index (χ0) is 40.9. The molecule has 5 heterocycles. The predicted octanol–water partition coefficient (Wildman–Crippen LogP) is 5.29. The highest BCUT2D eigenvalue weighted by Gasteiger charge is 2.37. The lowest BCUT2D eigenvalue weighted by Crippen LogP contribution is -2.55. The predicted molar refractivity (Wildman–Crippen MR) is 211 cm³/mol. The van der Waals surface area contributed by atoms with Crippen LogP contribution in [0.1, 0.15) is 73.2 Å². The molecular formula is C41H46F3N9O5. The van der Waals surface area contributed by atoms with Crippen molar-refractivity contribution in [2.75, 3.05) is 44.0 Å². The Morgan fingerprint density at radius 2 is 1.79 bits per heavy atom. The van der Waals surface area contributed by atoms with Gasteiger partial charge in [0, 0.05) is 63.5 Å². The standard InChI is InChI=1S/C41H46F3N9O5/c1-49(30-18-19-51(23-34(30)58-3)31-7-5-8-32-37(31)50(2)40(57)53(32)33-16-17-36(54)47-39(33)56)21-24-10-13-27(14-11-24)52-22-25-20-26(12-15-28(25)48-52)45-38(55)29-6-4-9-35(46-29)41(42,43)44/h4-9,12,15,20,22,24,27,30,33-34H,10-11,13-14,16-19,21,23H2,1-3H3,(H,45,55)(H,47,54,56)/t24?,27?,30-,33?,34+/m1/s1. The third-order valence-corrected chi connectivity index (χ3v) is 12.1. The third-order valence-electron chi connectivity index (χ3n) is 12.1. The molecule has 1 unspecified atom stereocenters. The van der Waals surface area contributed by atoms with E-state index < -0.39 is 29.7 Å². The van der Waals surface area contributed by atoms with Crippen molar-refractivity contribution in [1.82, 2.24) is 34.1 Å². The van der Waals surface area contributed by atoms with Crippen LogP contribution >= 0.6 is 0 Å². The maximum absolute atomic E-state index is 13.5. The summed E-state index contributed by atoms with van der Waals surface area (Å²) in [5.41, 5.74) is 1.78. The molecule has 3 atom stereocenters. The molecule has 3 aromatic heterocycles. The number of benzene rings is 2. The number of carbonyl (C=O) groups excluding carboxylic acids is 3. The first-order valence-electron chi connectivity index (χ1n) is 19.6. The van der Waals surface area contributed by atoms with Crippen LogP contribution in [0, 0.1) is 5.92 Å². The number of anilines is 2. The molecule has 1 aliphatic carbocycles. The van der Waals surface area contributed by atoms with E-state index in [1.54, 1.807) is 36.9 Å². The van der Waals surface area contributed by atoms with E-state index in [1.165, 1.54) is 10.6 Å². The van der Waals surface area contributed by atoms with Crippen molar-refractivity contribution in [1.29, 1.82) is 0 Å². The van der Waals surface area contributed by atoms with Crippen LogP contribution in [-0.4, -0.2) is 92.5 Å². The van der Waals surface area contributed by atoms with E-state index >= 15 is 0 Å². The zero-order valence-corrected chi connectivity index (χ0v) is 32.5. The SMILES string of the molecule is CO[C@H]1CN(c2cccc3c2n(C)c(=O)n3C2CCC(=O)NC2=O)CC[C@H]1N(C)CC1CCC(n2cc3cc(NC(=O)c4cccc(C(F)(F)F)n4)ccc3n2)CC1. The molecule has 2 aromatic carbocycles. The minimum Gasteiger partial charge on any atom is -0.378 e. The number of amides is 3. The number of pyridine rings is 1. The number of alkyl halides is 3. The van der Waals surface area contributed by atoms with Crippen LogP contribution in [0.15, 0.2) is 65.6 Å². The largest absolute Gasteiger partial charge is 0.433 e. The van der Waals surface area contributed by atoms with Crippen molar-refractivity contribution in [3.8, 4) is 0 Å². The summed E-state index contributed by atoms with van der Waals surface area (Å²) in [6, 6.07) is 13.9. The first-order chi connectivity index (χ1) is 27.8. The van der Waals surface area contributed by atoms with Gasteiger partial charge in [0.1, 0.15) is 17.4 Å². The fourth-order valence-corrected chi connectivity index (χ4v) is 9.12. The summed E-state index contributed by atoms with van der Waals surface area (Å²) in [5.74, 6) is -1.01. The second-order valence-electron chi connectivity index (χ2n) is 15.8. The first kappa shape index (κ1) is 39.3. The summed E-state index contributed by atoms with van der Waals surface area (Å²) in [7, 11) is 5.64. The molecule has 306 valence electrons. The number of halogens is 3. The van der Waals surface area contributed by atoms with E-state index in [-0.39, 0.29) is 48.3 Å². The Bertz CT molecular complexity index is 2430. The minimum absolute atomic E-state index is 0.0768. The molecule has 0 radical (unpaired) electrons. The van der Waals surface area contributed by atoms with E-state index in [2.05, 4.69) is 32.5 Å². The number of piperidine rings is 2. The van der Waals surface area contributed by atoms with Gasteiger partial charge in [0.15, 0.2) is 0 Å². The van der Waals surface area contributed by atoms with Crippen molar-refractivity contribution in [3.63, 3.8) is 0 Å². The quantitative estimate of drug-likeness (QED) is 0.190. The van der Waals surface area contributed by atoms with Gasteiger partial charge in [-0.3, -0.25) is 33.5 Å². The molecule has 8 rings (SSSR count). The minimum atomic E-state index is -4.65. The molecule has 1 saturated carbocycles.